The molecule has 0 radical (unpaired) electrons. The summed E-state index contributed by atoms with van der Waals surface area (Å²) in [7, 11) is 0. The van der Waals surface area contributed by atoms with Crippen molar-refractivity contribution in [1.29, 1.82) is 0 Å². The van der Waals surface area contributed by atoms with Crippen LogP contribution in [0.4, 0.5) is 0 Å². The van der Waals surface area contributed by atoms with E-state index in [-0.39, 0.29) is 5.97 Å². The standard InChI is InChI=1S/C17H22N4O2/c1-2-23-17(22)14-8-9-16(18-11-14)21-12-15(19-20-21)10-13-6-4-3-5-7-13/h8-9,11-13H,2-7,10H2,1H3. The Morgan fingerprint density at radius 1 is 1.30 bits per heavy atom. The number of ether oxygens (including phenoxy) is 1. The zero-order valence-corrected chi connectivity index (χ0v) is 13.4. The van der Waals surface area contributed by atoms with Gasteiger partial charge in [-0.05, 0) is 31.4 Å². The SMILES string of the molecule is CCOC(=O)c1ccc(-n2cc(CC3CCCCC3)nn2)nc1. The number of hydrogen-bond acceptors (Lipinski definition) is 5. The van der Waals surface area contributed by atoms with E-state index in [0.29, 0.717) is 18.0 Å². The van der Waals surface area contributed by atoms with Crippen LogP contribution < -0.4 is 0 Å². The summed E-state index contributed by atoms with van der Waals surface area (Å²) in [6, 6.07) is 3.45. The van der Waals surface area contributed by atoms with Crippen LogP contribution in [0.2, 0.25) is 0 Å². The Hall–Kier alpha value is -2.24. The third-order valence-corrected chi connectivity index (χ3v) is 4.26. The smallest absolute Gasteiger partial charge is 0.339 e. The number of nitrogens with zero attached hydrogens (tertiary/aromatic N) is 4. The highest BCUT2D eigenvalue weighted by Crippen LogP contribution is 2.26. The lowest BCUT2D eigenvalue weighted by atomic mass is 9.86. The van der Waals surface area contributed by atoms with Crippen molar-refractivity contribution < 1.29 is 9.53 Å². The Morgan fingerprint density at radius 3 is 2.83 bits per heavy atom. The molecular weight excluding hydrogens is 292 g/mol. The second-order valence-corrected chi connectivity index (χ2v) is 5.99. The highest BCUT2D eigenvalue weighted by Gasteiger charge is 2.16. The van der Waals surface area contributed by atoms with Gasteiger partial charge in [0.1, 0.15) is 0 Å². The molecule has 23 heavy (non-hydrogen) atoms. The van der Waals surface area contributed by atoms with Crippen molar-refractivity contribution in [2.45, 2.75) is 45.4 Å². The van der Waals surface area contributed by atoms with Crippen molar-refractivity contribution in [3.63, 3.8) is 0 Å². The summed E-state index contributed by atoms with van der Waals surface area (Å²) in [5.41, 5.74) is 1.45. The maximum atomic E-state index is 11.6. The molecule has 0 bridgehead atoms. The first-order chi connectivity index (χ1) is 11.3. The van der Waals surface area contributed by atoms with Crippen molar-refractivity contribution >= 4 is 5.97 Å². The number of rotatable bonds is 5. The molecule has 0 atom stereocenters. The number of pyridine rings is 1. The van der Waals surface area contributed by atoms with Gasteiger partial charge in [0.15, 0.2) is 5.82 Å². The molecule has 2 aromatic rings. The molecule has 0 saturated heterocycles. The van der Waals surface area contributed by atoms with Crippen molar-refractivity contribution in [2.24, 2.45) is 5.92 Å². The number of esters is 1. The molecule has 6 nitrogen and oxygen atoms in total. The minimum atomic E-state index is -0.358. The summed E-state index contributed by atoms with van der Waals surface area (Å²) in [5, 5.41) is 8.41. The van der Waals surface area contributed by atoms with Gasteiger partial charge in [0.05, 0.1) is 24.1 Å². The van der Waals surface area contributed by atoms with Crippen molar-refractivity contribution in [1.82, 2.24) is 20.0 Å². The third kappa shape index (κ3) is 3.94. The quantitative estimate of drug-likeness (QED) is 0.794. The Bertz CT molecular complexity index is 645. The Kier molecular flexibility index (Phi) is 5.00. The van der Waals surface area contributed by atoms with Gasteiger partial charge in [-0.2, -0.15) is 0 Å². The lowest BCUT2D eigenvalue weighted by Gasteiger charge is -2.19. The molecule has 0 unspecified atom stereocenters. The van der Waals surface area contributed by atoms with Crippen molar-refractivity contribution in [3.05, 3.63) is 35.8 Å². The van der Waals surface area contributed by atoms with Gasteiger partial charge in [-0.15, -0.1) is 5.10 Å². The normalized spacial score (nSPS) is 15.5. The van der Waals surface area contributed by atoms with Crippen LogP contribution >= 0.6 is 0 Å². The molecule has 1 aliphatic carbocycles. The fraction of sp³-hybridized carbons (Fsp3) is 0.529. The Balaban J connectivity index is 1.66. The van der Waals surface area contributed by atoms with E-state index in [1.54, 1.807) is 23.7 Å². The molecule has 0 N–H and O–H groups in total. The first kappa shape index (κ1) is 15.6. The van der Waals surface area contributed by atoms with E-state index in [0.717, 1.165) is 18.0 Å². The van der Waals surface area contributed by atoms with Gasteiger partial charge < -0.3 is 4.74 Å². The Labute approximate surface area is 135 Å². The molecule has 1 fully saturated rings. The summed E-state index contributed by atoms with van der Waals surface area (Å²) in [5.74, 6) is 1.02. The minimum absolute atomic E-state index is 0.355. The fourth-order valence-electron chi connectivity index (χ4n) is 3.05. The highest BCUT2D eigenvalue weighted by atomic mass is 16.5. The average molecular weight is 314 g/mol. The molecule has 2 heterocycles. The molecule has 0 amide bonds. The monoisotopic (exact) mass is 314 g/mol. The van der Waals surface area contributed by atoms with Crippen LogP contribution in [0.15, 0.2) is 24.5 Å². The van der Waals surface area contributed by atoms with Crippen molar-refractivity contribution in [3.8, 4) is 5.82 Å². The summed E-state index contributed by atoms with van der Waals surface area (Å²) >= 11 is 0. The predicted octanol–water partition coefficient (Wildman–Crippen LogP) is 2.96. The van der Waals surface area contributed by atoms with E-state index >= 15 is 0 Å². The highest BCUT2D eigenvalue weighted by molar-refractivity contribution is 5.89. The second kappa shape index (κ2) is 7.35. The average Bonchev–Trinajstić information content (AvgIpc) is 3.05. The van der Waals surface area contributed by atoms with Crippen LogP contribution in [0, 0.1) is 5.92 Å². The molecule has 6 heteroatoms. The molecule has 0 spiro atoms. The lowest BCUT2D eigenvalue weighted by molar-refractivity contribution is 0.0526. The first-order valence-electron chi connectivity index (χ1n) is 8.31. The van der Waals surface area contributed by atoms with E-state index in [9.17, 15) is 4.79 Å². The van der Waals surface area contributed by atoms with E-state index in [2.05, 4.69) is 15.3 Å². The van der Waals surface area contributed by atoms with Crippen LogP contribution in [-0.2, 0) is 11.2 Å². The third-order valence-electron chi connectivity index (χ3n) is 4.26. The predicted molar refractivity (Wildman–Crippen MR) is 85.4 cm³/mol. The second-order valence-electron chi connectivity index (χ2n) is 5.99. The number of hydrogen-bond donors (Lipinski definition) is 0. The zero-order valence-electron chi connectivity index (χ0n) is 13.4. The van der Waals surface area contributed by atoms with E-state index in [1.807, 2.05) is 6.20 Å². The van der Waals surface area contributed by atoms with Gasteiger partial charge in [0, 0.05) is 6.20 Å². The molecule has 3 rings (SSSR count). The molecule has 1 saturated carbocycles. The van der Waals surface area contributed by atoms with Gasteiger partial charge >= 0.3 is 5.97 Å². The van der Waals surface area contributed by atoms with Crippen LogP contribution in [0.25, 0.3) is 5.82 Å². The van der Waals surface area contributed by atoms with Crippen LogP contribution in [-0.4, -0.2) is 32.6 Å². The number of carbonyl (C=O) groups excluding carboxylic acids is 1. The zero-order chi connectivity index (χ0) is 16.1. The van der Waals surface area contributed by atoms with Crippen LogP contribution in [0.3, 0.4) is 0 Å². The van der Waals surface area contributed by atoms with Gasteiger partial charge in [0.25, 0.3) is 0 Å². The number of carbonyl (C=O) groups is 1. The molecule has 2 aromatic heterocycles. The summed E-state index contributed by atoms with van der Waals surface area (Å²) in [6.45, 7) is 2.14. The first-order valence-corrected chi connectivity index (χ1v) is 8.31. The van der Waals surface area contributed by atoms with Crippen LogP contribution in [0.1, 0.15) is 55.1 Å². The van der Waals surface area contributed by atoms with Gasteiger partial charge in [0.2, 0.25) is 0 Å². The number of aromatic nitrogens is 4. The van der Waals surface area contributed by atoms with E-state index in [1.165, 1.54) is 38.3 Å². The van der Waals surface area contributed by atoms with Crippen LogP contribution in [0.5, 0.6) is 0 Å². The summed E-state index contributed by atoms with van der Waals surface area (Å²) in [4.78, 5) is 15.9. The minimum Gasteiger partial charge on any atom is -0.462 e. The van der Waals surface area contributed by atoms with Gasteiger partial charge in [-0.3, -0.25) is 0 Å². The fourth-order valence-corrected chi connectivity index (χ4v) is 3.05. The topological polar surface area (TPSA) is 69.9 Å². The molecule has 122 valence electrons. The molecule has 1 aliphatic rings. The molecule has 0 aromatic carbocycles. The summed E-state index contributed by atoms with van der Waals surface area (Å²) in [6.07, 6.45) is 11.0. The van der Waals surface area contributed by atoms with Gasteiger partial charge in [-0.1, -0.05) is 37.3 Å². The van der Waals surface area contributed by atoms with E-state index in [4.69, 9.17) is 4.74 Å². The molecular formula is C17H22N4O2. The largest absolute Gasteiger partial charge is 0.462 e. The van der Waals surface area contributed by atoms with Gasteiger partial charge in [-0.25, -0.2) is 14.5 Å². The molecule has 0 aliphatic heterocycles. The summed E-state index contributed by atoms with van der Waals surface area (Å²) < 4.78 is 6.61. The maximum absolute atomic E-state index is 11.6. The van der Waals surface area contributed by atoms with E-state index < -0.39 is 0 Å². The lowest BCUT2D eigenvalue weighted by Crippen LogP contribution is -2.09. The van der Waals surface area contributed by atoms with Crippen molar-refractivity contribution in [2.75, 3.05) is 6.61 Å². The Morgan fingerprint density at radius 2 is 2.13 bits per heavy atom. The maximum Gasteiger partial charge on any atom is 0.339 e.